The molecule has 8 nitrogen and oxygen atoms in total. The molecule has 0 rings (SSSR count). The van der Waals surface area contributed by atoms with Crippen LogP contribution in [0.25, 0.3) is 0 Å². The van der Waals surface area contributed by atoms with Crippen LogP contribution in [-0.2, 0) is 18.4 Å². The first-order valence-corrected chi connectivity index (χ1v) is 34.2. The molecule has 0 heterocycles. The summed E-state index contributed by atoms with van der Waals surface area (Å²) in [7, 11) is 1.23. The zero-order chi connectivity index (χ0) is 57.7. The minimum Gasteiger partial charge on any atom is -0.756 e. The average Bonchev–Trinajstić information content (AvgIpc) is 3.42. The second-order valence-electron chi connectivity index (χ2n) is 23.1. The van der Waals surface area contributed by atoms with Gasteiger partial charge in [0, 0.05) is 6.42 Å². The summed E-state index contributed by atoms with van der Waals surface area (Å²) in [5.74, 6) is -0.214. The number of aliphatic hydroxyl groups is 1. The zero-order valence-electron chi connectivity index (χ0n) is 52.0. The lowest BCUT2D eigenvalue weighted by Gasteiger charge is -2.29. The number of phosphoric ester groups is 1. The molecule has 456 valence electrons. The number of aliphatic hydroxyl groups excluding tert-OH is 1. The van der Waals surface area contributed by atoms with Crippen molar-refractivity contribution in [1.29, 1.82) is 0 Å². The van der Waals surface area contributed by atoms with Crippen LogP contribution < -0.4 is 10.2 Å². The van der Waals surface area contributed by atoms with Gasteiger partial charge in [0.05, 0.1) is 39.9 Å². The quantitative estimate of drug-likeness (QED) is 0.0272. The number of hydrogen-bond acceptors (Lipinski definition) is 6. The highest BCUT2D eigenvalue weighted by Crippen LogP contribution is 2.38. The van der Waals surface area contributed by atoms with E-state index >= 15 is 0 Å². The van der Waals surface area contributed by atoms with Crippen molar-refractivity contribution < 1.29 is 32.9 Å². The van der Waals surface area contributed by atoms with E-state index in [9.17, 15) is 19.4 Å². The highest BCUT2D eigenvalue weighted by Gasteiger charge is 2.23. The Morgan fingerprint density at radius 3 is 1.18 bits per heavy atom. The summed E-state index contributed by atoms with van der Waals surface area (Å²) in [6.07, 6.45) is 87.6. The summed E-state index contributed by atoms with van der Waals surface area (Å²) < 4.78 is 23.4. The van der Waals surface area contributed by atoms with Gasteiger partial charge in [0.25, 0.3) is 7.82 Å². The van der Waals surface area contributed by atoms with E-state index in [0.717, 1.165) is 83.5 Å². The number of amides is 1. The first-order valence-electron chi connectivity index (χ1n) is 32.7. The van der Waals surface area contributed by atoms with Gasteiger partial charge in [-0.15, -0.1) is 0 Å². The van der Waals surface area contributed by atoms with Crippen LogP contribution in [0, 0.1) is 0 Å². The van der Waals surface area contributed by atoms with E-state index in [2.05, 4.69) is 116 Å². The maximum atomic E-state index is 13.0. The summed E-state index contributed by atoms with van der Waals surface area (Å²) >= 11 is 0. The smallest absolute Gasteiger partial charge is 0.268 e. The summed E-state index contributed by atoms with van der Waals surface area (Å²) in [6.45, 7) is 4.52. The molecule has 0 aliphatic heterocycles. The van der Waals surface area contributed by atoms with Crippen LogP contribution in [0.2, 0.25) is 0 Å². The van der Waals surface area contributed by atoms with Crippen molar-refractivity contribution in [3.05, 3.63) is 109 Å². The maximum absolute atomic E-state index is 13.0. The second-order valence-corrected chi connectivity index (χ2v) is 24.5. The van der Waals surface area contributed by atoms with Gasteiger partial charge in [0.1, 0.15) is 13.2 Å². The van der Waals surface area contributed by atoms with E-state index in [1.807, 2.05) is 27.2 Å². The Hall–Kier alpha value is -2.84. The molecule has 79 heavy (non-hydrogen) atoms. The number of hydrogen-bond donors (Lipinski definition) is 2. The molecule has 0 aliphatic carbocycles. The molecule has 0 spiro atoms. The van der Waals surface area contributed by atoms with Gasteiger partial charge in [0.2, 0.25) is 5.91 Å². The van der Waals surface area contributed by atoms with Crippen LogP contribution in [-0.4, -0.2) is 68.5 Å². The highest BCUT2D eigenvalue weighted by atomic mass is 31.2. The zero-order valence-corrected chi connectivity index (χ0v) is 52.9. The average molecular weight is 1120 g/mol. The van der Waals surface area contributed by atoms with Gasteiger partial charge in [-0.2, -0.15) is 0 Å². The van der Waals surface area contributed by atoms with Crippen LogP contribution in [0.4, 0.5) is 0 Å². The number of allylic oxidation sites excluding steroid dienone is 17. The Morgan fingerprint density at radius 2 is 0.785 bits per heavy atom. The van der Waals surface area contributed by atoms with E-state index in [-0.39, 0.29) is 12.5 Å². The van der Waals surface area contributed by atoms with Gasteiger partial charge in [-0.3, -0.25) is 9.36 Å². The van der Waals surface area contributed by atoms with Gasteiger partial charge in [0.15, 0.2) is 0 Å². The number of nitrogens with zero attached hydrogens (tertiary/aromatic N) is 1. The van der Waals surface area contributed by atoms with Crippen molar-refractivity contribution in [2.24, 2.45) is 0 Å². The lowest BCUT2D eigenvalue weighted by Crippen LogP contribution is -2.45. The second kappa shape index (κ2) is 59.8. The third-order valence-corrected chi connectivity index (χ3v) is 15.2. The van der Waals surface area contributed by atoms with Crippen molar-refractivity contribution in [1.82, 2.24) is 5.32 Å². The molecule has 1 amide bonds. The minimum absolute atomic E-state index is 0.0131. The normalized spacial score (nSPS) is 14.5. The van der Waals surface area contributed by atoms with Crippen LogP contribution in [0.3, 0.4) is 0 Å². The molecule has 0 aliphatic rings. The van der Waals surface area contributed by atoms with E-state index in [1.165, 1.54) is 173 Å². The Labute approximate surface area is 489 Å². The number of quaternary nitrogens is 1. The molecule has 9 heteroatoms. The molecular weight excluding hydrogens is 996 g/mol. The largest absolute Gasteiger partial charge is 0.756 e. The van der Waals surface area contributed by atoms with Gasteiger partial charge in [-0.05, 0) is 96.3 Å². The molecule has 0 aromatic rings. The molecule has 0 radical (unpaired) electrons. The summed E-state index contributed by atoms with van der Waals surface area (Å²) in [4.78, 5) is 25.6. The predicted octanol–water partition coefficient (Wildman–Crippen LogP) is 20.1. The molecule has 0 aromatic heterocycles. The molecule has 3 atom stereocenters. The third-order valence-electron chi connectivity index (χ3n) is 14.2. The van der Waals surface area contributed by atoms with E-state index in [1.54, 1.807) is 6.08 Å². The van der Waals surface area contributed by atoms with Crippen molar-refractivity contribution in [2.75, 3.05) is 40.9 Å². The topological polar surface area (TPSA) is 108 Å². The van der Waals surface area contributed by atoms with Gasteiger partial charge in [-0.25, -0.2) is 0 Å². The SMILES string of the molecule is CC/C=C\C/C=C\C/C=C\C/C=C\C/C=C\C/C=C\CCCCCCCCCCCCCCCCC(=O)NC(COP(=O)([O-])OCC[N+](C)(C)C)C(O)/C=C/CC/C=C/CC/C=C/CCCCCCCCCCCCCCCC. The van der Waals surface area contributed by atoms with Crippen LogP contribution >= 0.6 is 7.82 Å². The predicted molar refractivity (Wildman–Crippen MR) is 343 cm³/mol. The fraction of sp³-hybridized carbons (Fsp3) is 0.729. The number of phosphoric acid groups is 1. The van der Waals surface area contributed by atoms with Crippen molar-refractivity contribution in [3.8, 4) is 0 Å². The van der Waals surface area contributed by atoms with E-state index < -0.39 is 26.6 Å². The first kappa shape index (κ1) is 76.2. The molecule has 0 fully saturated rings. The van der Waals surface area contributed by atoms with Crippen LogP contribution in [0.15, 0.2) is 109 Å². The molecule has 0 saturated heterocycles. The number of unbranched alkanes of at least 4 members (excludes halogenated alkanes) is 30. The monoisotopic (exact) mass is 1120 g/mol. The Kier molecular flexibility index (Phi) is 57.6. The van der Waals surface area contributed by atoms with Crippen molar-refractivity contribution in [2.45, 2.75) is 289 Å². The fourth-order valence-electron chi connectivity index (χ4n) is 9.13. The standard InChI is InChI=1S/C70H125N2O6P/c1-6-8-10-12-14-16-18-20-22-24-26-28-30-32-33-34-35-36-37-38-39-40-42-44-46-48-50-52-54-56-58-60-62-64-70(74)71-68(67-78-79(75,76)77-66-65-72(3,4)5)69(73)63-61-59-57-55-53-51-49-47-45-43-41-31-29-27-25-23-21-19-17-15-13-11-9-7-2/h8,10,14,16,20,22,26,28,32-33,35-36,45,47,53,55,61,63,68-69,73H,6-7,9,11-13,15,17-19,21,23-25,27,29-31,34,37-44,46,48-52,54,56-60,62,64-67H2,1-5H3,(H-,71,74,75,76)/b10-8-,16-14-,22-20-,28-26-,33-32-,36-35-,47-45+,55-53+,63-61+. The maximum Gasteiger partial charge on any atom is 0.268 e. The van der Waals surface area contributed by atoms with Gasteiger partial charge < -0.3 is 28.8 Å². The Morgan fingerprint density at radius 1 is 0.456 bits per heavy atom. The molecular formula is C70H125N2O6P. The Bertz CT molecular complexity index is 1650. The van der Waals surface area contributed by atoms with Crippen molar-refractivity contribution >= 4 is 13.7 Å². The minimum atomic E-state index is -4.62. The molecule has 0 aromatic carbocycles. The molecule has 2 N–H and O–H groups in total. The van der Waals surface area contributed by atoms with Gasteiger partial charge >= 0.3 is 0 Å². The highest BCUT2D eigenvalue weighted by molar-refractivity contribution is 7.45. The number of likely N-dealkylation sites (N-methyl/N-ethyl adjacent to an activating group) is 1. The third kappa shape index (κ3) is 62.6. The summed E-state index contributed by atoms with van der Waals surface area (Å²) in [6, 6.07) is -0.918. The van der Waals surface area contributed by atoms with E-state index in [4.69, 9.17) is 9.05 Å². The van der Waals surface area contributed by atoms with Gasteiger partial charge in [-0.1, -0.05) is 284 Å². The number of nitrogens with one attached hydrogen (secondary N) is 1. The number of carbonyl (C=O) groups is 1. The fourth-order valence-corrected chi connectivity index (χ4v) is 9.85. The van der Waals surface area contributed by atoms with Crippen LogP contribution in [0.1, 0.15) is 277 Å². The van der Waals surface area contributed by atoms with Crippen LogP contribution in [0.5, 0.6) is 0 Å². The molecule has 3 unspecified atom stereocenters. The summed E-state index contributed by atoms with van der Waals surface area (Å²) in [5, 5.41) is 13.9. The number of rotatable bonds is 59. The number of carbonyl (C=O) groups excluding carboxylic acids is 1. The molecule has 0 saturated carbocycles. The Balaban J connectivity index is 4.18. The molecule has 0 bridgehead atoms. The first-order chi connectivity index (χ1) is 38.5. The van der Waals surface area contributed by atoms with E-state index in [0.29, 0.717) is 17.4 Å². The van der Waals surface area contributed by atoms with Crippen molar-refractivity contribution in [3.63, 3.8) is 0 Å². The lowest BCUT2D eigenvalue weighted by atomic mass is 10.0. The summed E-state index contributed by atoms with van der Waals surface area (Å²) in [5.41, 5.74) is 0. The lowest BCUT2D eigenvalue weighted by molar-refractivity contribution is -0.870.